The van der Waals surface area contributed by atoms with Crippen molar-refractivity contribution in [1.29, 1.82) is 0 Å². The van der Waals surface area contributed by atoms with Gasteiger partial charge in [-0.1, -0.05) is 24.3 Å². The van der Waals surface area contributed by atoms with Gasteiger partial charge in [-0.25, -0.2) is 0 Å². The number of carbonyl (C=O) groups excluding carboxylic acids is 1. The van der Waals surface area contributed by atoms with Gasteiger partial charge < -0.3 is 19.7 Å². The van der Waals surface area contributed by atoms with E-state index < -0.39 is 0 Å². The van der Waals surface area contributed by atoms with Crippen molar-refractivity contribution < 1.29 is 14.3 Å². The molecular formula is C22H23N3O3. The summed E-state index contributed by atoms with van der Waals surface area (Å²) in [5.74, 6) is 2.15. The summed E-state index contributed by atoms with van der Waals surface area (Å²) in [6.07, 6.45) is 0.860. The molecule has 0 aromatic heterocycles. The molecule has 4 atom stereocenters. The standard InChI is InChI=1S/C22H23N3O3/c1-24-8-9-25-17(22(24)26)11-15-14-4-2-3-5-16(14)23-20(15)21(25)13-6-7-18-19(10-13)28-12-27-18/h2-7,10,15,17,20-21,23H,8-9,11-12H2,1H3. The number of benzene rings is 2. The van der Waals surface area contributed by atoms with Gasteiger partial charge in [0.2, 0.25) is 12.7 Å². The van der Waals surface area contributed by atoms with Gasteiger partial charge in [-0.2, -0.15) is 0 Å². The molecule has 6 rings (SSSR count). The maximum absolute atomic E-state index is 13.0. The van der Waals surface area contributed by atoms with Crippen molar-refractivity contribution in [3.8, 4) is 11.5 Å². The van der Waals surface area contributed by atoms with Crippen molar-refractivity contribution in [1.82, 2.24) is 9.80 Å². The van der Waals surface area contributed by atoms with Crippen LogP contribution in [0.1, 0.15) is 29.5 Å². The van der Waals surface area contributed by atoms with Crippen LogP contribution in [0.3, 0.4) is 0 Å². The van der Waals surface area contributed by atoms with Crippen LogP contribution >= 0.6 is 0 Å². The van der Waals surface area contributed by atoms with E-state index in [0.717, 1.165) is 31.0 Å². The maximum atomic E-state index is 13.0. The SMILES string of the molecule is CN1CCN2C(CC3c4ccccc4NC3C2c2ccc3c(c2)OCO3)C1=O. The highest BCUT2D eigenvalue weighted by Gasteiger charge is 2.51. The molecule has 0 radical (unpaired) electrons. The number of nitrogens with zero attached hydrogens (tertiary/aromatic N) is 2. The molecule has 1 N–H and O–H groups in total. The molecule has 6 nitrogen and oxygen atoms in total. The van der Waals surface area contributed by atoms with E-state index in [4.69, 9.17) is 9.47 Å². The van der Waals surface area contributed by atoms with Crippen molar-refractivity contribution in [2.75, 3.05) is 32.2 Å². The Morgan fingerprint density at radius 1 is 1.07 bits per heavy atom. The second kappa shape index (κ2) is 5.88. The first kappa shape index (κ1) is 16.2. The van der Waals surface area contributed by atoms with Crippen LogP contribution < -0.4 is 14.8 Å². The third kappa shape index (κ3) is 2.21. The van der Waals surface area contributed by atoms with Crippen LogP contribution in [-0.2, 0) is 4.79 Å². The average molecular weight is 377 g/mol. The van der Waals surface area contributed by atoms with E-state index in [-0.39, 0.29) is 30.8 Å². The van der Waals surface area contributed by atoms with Gasteiger partial charge in [-0.3, -0.25) is 9.69 Å². The summed E-state index contributed by atoms with van der Waals surface area (Å²) >= 11 is 0. The Morgan fingerprint density at radius 3 is 2.86 bits per heavy atom. The Labute approximate surface area is 164 Å². The zero-order valence-corrected chi connectivity index (χ0v) is 15.8. The Morgan fingerprint density at radius 2 is 1.93 bits per heavy atom. The van der Waals surface area contributed by atoms with E-state index in [9.17, 15) is 4.79 Å². The van der Waals surface area contributed by atoms with E-state index in [0.29, 0.717) is 5.92 Å². The molecule has 2 aromatic rings. The lowest BCUT2D eigenvalue weighted by atomic mass is 9.76. The minimum absolute atomic E-state index is 0.0802. The van der Waals surface area contributed by atoms with E-state index in [1.54, 1.807) is 0 Å². The molecule has 0 spiro atoms. The summed E-state index contributed by atoms with van der Waals surface area (Å²) in [5.41, 5.74) is 3.71. The molecule has 144 valence electrons. The summed E-state index contributed by atoms with van der Waals surface area (Å²) in [5, 5.41) is 3.77. The van der Waals surface area contributed by atoms with Gasteiger partial charge in [0.25, 0.3) is 0 Å². The predicted octanol–water partition coefficient (Wildman–Crippen LogP) is 2.58. The quantitative estimate of drug-likeness (QED) is 0.828. The monoisotopic (exact) mass is 377 g/mol. The molecule has 4 aliphatic rings. The van der Waals surface area contributed by atoms with E-state index in [1.165, 1.54) is 16.8 Å². The molecule has 6 heteroatoms. The topological polar surface area (TPSA) is 54.0 Å². The zero-order valence-electron chi connectivity index (χ0n) is 15.8. The van der Waals surface area contributed by atoms with Gasteiger partial charge in [-0.15, -0.1) is 0 Å². The van der Waals surface area contributed by atoms with Crippen LogP contribution in [0.4, 0.5) is 5.69 Å². The smallest absolute Gasteiger partial charge is 0.239 e. The number of fused-ring (bicyclic) bond motifs is 5. The average Bonchev–Trinajstić information content (AvgIpc) is 3.33. The van der Waals surface area contributed by atoms with Gasteiger partial charge >= 0.3 is 0 Å². The summed E-state index contributed by atoms with van der Waals surface area (Å²) < 4.78 is 11.1. The molecule has 2 aromatic carbocycles. The van der Waals surface area contributed by atoms with Gasteiger partial charge in [0.1, 0.15) is 0 Å². The molecule has 2 fully saturated rings. The Balaban J connectivity index is 1.46. The minimum Gasteiger partial charge on any atom is -0.454 e. The van der Waals surface area contributed by atoms with Gasteiger partial charge in [0, 0.05) is 31.7 Å². The number of carbonyl (C=O) groups is 1. The van der Waals surface area contributed by atoms with Crippen molar-refractivity contribution >= 4 is 11.6 Å². The lowest BCUT2D eigenvalue weighted by Crippen LogP contribution is -2.62. The molecular weight excluding hydrogens is 354 g/mol. The molecule has 0 saturated carbocycles. The maximum Gasteiger partial charge on any atom is 0.239 e. The second-order valence-electron chi connectivity index (χ2n) is 8.17. The van der Waals surface area contributed by atoms with Crippen LogP contribution in [0.15, 0.2) is 42.5 Å². The summed E-state index contributed by atoms with van der Waals surface area (Å²) in [6, 6.07) is 15.0. The Hall–Kier alpha value is -2.73. The molecule has 0 bridgehead atoms. The van der Waals surface area contributed by atoms with Crippen LogP contribution in [0.5, 0.6) is 11.5 Å². The van der Waals surface area contributed by atoms with Crippen molar-refractivity contribution in [3.63, 3.8) is 0 Å². The van der Waals surface area contributed by atoms with Gasteiger partial charge in [0.15, 0.2) is 11.5 Å². The number of hydrogen-bond donors (Lipinski definition) is 1. The van der Waals surface area contributed by atoms with E-state index in [2.05, 4.69) is 46.6 Å². The number of anilines is 1. The summed E-state index contributed by atoms with van der Waals surface area (Å²) in [6.45, 7) is 1.92. The van der Waals surface area contributed by atoms with Crippen LogP contribution in [0.25, 0.3) is 0 Å². The number of piperazine rings is 1. The first-order valence-electron chi connectivity index (χ1n) is 9.96. The third-order valence-corrected chi connectivity index (χ3v) is 6.78. The number of nitrogens with one attached hydrogen (secondary N) is 1. The van der Waals surface area contributed by atoms with E-state index in [1.807, 2.05) is 18.0 Å². The minimum atomic E-state index is -0.0802. The van der Waals surface area contributed by atoms with Gasteiger partial charge in [0.05, 0.1) is 18.1 Å². The number of piperidine rings is 1. The number of rotatable bonds is 1. The molecule has 4 unspecified atom stereocenters. The third-order valence-electron chi connectivity index (χ3n) is 6.78. The number of likely N-dealkylation sites (N-methyl/N-ethyl adjacent to an activating group) is 1. The van der Waals surface area contributed by atoms with Crippen molar-refractivity contribution in [2.24, 2.45) is 0 Å². The van der Waals surface area contributed by atoms with Crippen molar-refractivity contribution in [2.45, 2.75) is 30.5 Å². The summed E-state index contributed by atoms with van der Waals surface area (Å²) in [4.78, 5) is 17.3. The lowest BCUT2D eigenvalue weighted by molar-refractivity contribution is -0.145. The fourth-order valence-corrected chi connectivity index (χ4v) is 5.44. The Kier molecular flexibility index (Phi) is 3.41. The molecule has 1 amide bonds. The highest BCUT2D eigenvalue weighted by Crippen LogP contribution is 2.51. The van der Waals surface area contributed by atoms with Crippen molar-refractivity contribution in [3.05, 3.63) is 53.6 Å². The Bertz CT molecular complexity index is 962. The molecule has 28 heavy (non-hydrogen) atoms. The normalized spacial score (nSPS) is 30.5. The molecule has 0 aliphatic carbocycles. The number of amides is 1. The fourth-order valence-electron chi connectivity index (χ4n) is 5.44. The van der Waals surface area contributed by atoms with Crippen LogP contribution in [-0.4, -0.2) is 54.7 Å². The lowest BCUT2D eigenvalue weighted by Gasteiger charge is -2.51. The molecule has 4 aliphatic heterocycles. The summed E-state index contributed by atoms with van der Waals surface area (Å²) in [7, 11) is 1.92. The molecule has 2 saturated heterocycles. The first-order chi connectivity index (χ1) is 13.7. The van der Waals surface area contributed by atoms with E-state index >= 15 is 0 Å². The second-order valence-corrected chi connectivity index (χ2v) is 8.17. The van der Waals surface area contributed by atoms with Gasteiger partial charge in [-0.05, 0) is 35.7 Å². The van der Waals surface area contributed by atoms with Crippen LogP contribution in [0, 0.1) is 0 Å². The first-order valence-corrected chi connectivity index (χ1v) is 9.96. The fraction of sp³-hybridized carbons (Fsp3) is 0.409. The number of para-hydroxylation sites is 1. The highest BCUT2D eigenvalue weighted by atomic mass is 16.7. The largest absolute Gasteiger partial charge is 0.454 e. The zero-order chi connectivity index (χ0) is 18.8. The highest BCUT2D eigenvalue weighted by molar-refractivity contribution is 5.83. The predicted molar refractivity (Wildman–Crippen MR) is 105 cm³/mol. The number of ether oxygens (including phenoxy) is 2. The number of hydrogen-bond acceptors (Lipinski definition) is 5. The van der Waals surface area contributed by atoms with Crippen LogP contribution in [0.2, 0.25) is 0 Å². The molecule has 4 heterocycles.